The Bertz CT molecular complexity index is 1360. The second-order valence-corrected chi connectivity index (χ2v) is 8.83. The summed E-state index contributed by atoms with van der Waals surface area (Å²) in [6.45, 7) is 0. The predicted molar refractivity (Wildman–Crippen MR) is 133 cm³/mol. The summed E-state index contributed by atoms with van der Waals surface area (Å²) in [7, 11) is 4.26. The lowest BCUT2D eigenvalue weighted by Gasteiger charge is -2.43. The zero-order valence-corrected chi connectivity index (χ0v) is 19.9. The number of hydrogen-bond donors (Lipinski definition) is 1. The van der Waals surface area contributed by atoms with E-state index >= 15 is 0 Å². The molecule has 0 radical (unpaired) electrons. The van der Waals surface area contributed by atoms with Crippen LogP contribution < -0.4 is 4.74 Å². The maximum absolute atomic E-state index is 13.7. The van der Waals surface area contributed by atoms with Crippen molar-refractivity contribution in [3.8, 4) is 5.75 Å². The molecular formula is C29H27NO5. The van der Waals surface area contributed by atoms with Crippen LogP contribution in [0, 0.1) is 5.41 Å². The van der Waals surface area contributed by atoms with E-state index in [9.17, 15) is 9.59 Å². The lowest BCUT2D eigenvalue weighted by Crippen LogP contribution is -2.50. The van der Waals surface area contributed by atoms with Gasteiger partial charge in [-0.05, 0) is 41.3 Å². The number of esters is 2. The average molecular weight is 470 g/mol. The molecule has 0 saturated carbocycles. The van der Waals surface area contributed by atoms with Crippen LogP contribution in [0.2, 0.25) is 0 Å². The highest BCUT2D eigenvalue weighted by Crippen LogP contribution is 2.57. The van der Waals surface area contributed by atoms with Gasteiger partial charge in [0, 0.05) is 28.4 Å². The average Bonchev–Trinajstić information content (AvgIpc) is 3.31. The molecule has 1 aromatic heterocycles. The smallest absolute Gasteiger partial charge is 0.324 e. The molecule has 0 spiro atoms. The van der Waals surface area contributed by atoms with E-state index in [4.69, 9.17) is 14.2 Å². The summed E-state index contributed by atoms with van der Waals surface area (Å²) >= 11 is 0. The van der Waals surface area contributed by atoms with E-state index in [0.717, 1.165) is 39.0 Å². The Morgan fingerprint density at radius 2 is 1.43 bits per heavy atom. The summed E-state index contributed by atoms with van der Waals surface area (Å²) in [5, 5.41) is 0.965. The molecule has 1 aliphatic rings. The van der Waals surface area contributed by atoms with Crippen LogP contribution in [0.4, 0.5) is 0 Å². The minimum absolute atomic E-state index is 0.193. The Labute approximate surface area is 203 Å². The number of para-hydroxylation sites is 1. The molecule has 0 aliphatic heterocycles. The van der Waals surface area contributed by atoms with Crippen molar-refractivity contribution in [1.29, 1.82) is 0 Å². The van der Waals surface area contributed by atoms with Gasteiger partial charge in [-0.15, -0.1) is 0 Å². The summed E-state index contributed by atoms with van der Waals surface area (Å²) in [5.41, 5.74) is 3.07. The van der Waals surface area contributed by atoms with Gasteiger partial charge in [0.05, 0.1) is 21.3 Å². The van der Waals surface area contributed by atoms with Crippen LogP contribution in [0.15, 0.2) is 78.9 Å². The molecule has 3 aromatic carbocycles. The van der Waals surface area contributed by atoms with Crippen LogP contribution in [-0.2, 0) is 19.1 Å². The normalized spacial score (nSPS) is 18.5. The fourth-order valence-corrected chi connectivity index (χ4v) is 5.63. The Morgan fingerprint density at radius 1 is 0.800 bits per heavy atom. The van der Waals surface area contributed by atoms with Crippen LogP contribution in [0.25, 0.3) is 10.9 Å². The number of carbonyl (C=O) groups excluding carboxylic acids is 2. The van der Waals surface area contributed by atoms with Crippen LogP contribution in [-0.4, -0.2) is 38.3 Å². The number of nitrogens with one attached hydrogen (secondary N) is 1. The number of ether oxygens (including phenoxy) is 3. The third-order valence-corrected chi connectivity index (χ3v) is 7.18. The largest absolute Gasteiger partial charge is 0.497 e. The van der Waals surface area contributed by atoms with Crippen molar-refractivity contribution in [2.45, 2.75) is 18.3 Å². The van der Waals surface area contributed by atoms with E-state index in [1.54, 1.807) is 7.11 Å². The molecule has 178 valence electrons. The minimum atomic E-state index is -1.58. The third kappa shape index (κ3) is 3.48. The van der Waals surface area contributed by atoms with Crippen LogP contribution in [0.5, 0.6) is 5.75 Å². The molecule has 6 heteroatoms. The van der Waals surface area contributed by atoms with Gasteiger partial charge >= 0.3 is 11.9 Å². The highest BCUT2D eigenvalue weighted by atomic mass is 16.5. The fraction of sp³-hybridized carbons (Fsp3) is 0.241. The topological polar surface area (TPSA) is 77.6 Å². The fourth-order valence-electron chi connectivity index (χ4n) is 5.63. The van der Waals surface area contributed by atoms with Gasteiger partial charge in [-0.2, -0.15) is 0 Å². The Morgan fingerprint density at radius 3 is 2.06 bits per heavy atom. The highest BCUT2D eigenvalue weighted by molar-refractivity contribution is 6.04. The van der Waals surface area contributed by atoms with E-state index in [-0.39, 0.29) is 12.3 Å². The molecular weight excluding hydrogens is 442 g/mol. The number of carbonyl (C=O) groups is 2. The first-order valence-electron chi connectivity index (χ1n) is 11.5. The number of rotatable bonds is 5. The summed E-state index contributed by atoms with van der Waals surface area (Å²) in [6, 6.07) is 25.3. The number of aromatic nitrogens is 1. The monoisotopic (exact) mass is 469 g/mol. The Balaban J connectivity index is 1.87. The van der Waals surface area contributed by atoms with Gasteiger partial charge in [0.15, 0.2) is 5.41 Å². The van der Waals surface area contributed by atoms with Crippen molar-refractivity contribution >= 4 is 22.8 Å². The Hall–Kier alpha value is -4.06. The van der Waals surface area contributed by atoms with Gasteiger partial charge in [0.25, 0.3) is 0 Å². The standard InChI is InChI=1S/C29H27NO5/c1-33-20-15-13-18(14-16-20)22-17-29(27(31)34-2,28(32)35-3)25(19-9-5-4-6-10-19)24-21-11-7-8-12-23(21)30-26(22)24/h4-16,22,25,30H,17H2,1-3H3/t22-,25+/m0/s1. The van der Waals surface area contributed by atoms with Crippen LogP contribution >= 0.6 is 0 Å². The quantitative estimate of drug-likeness (QED) is 0.322. The lowest BCUT2D eigenvalue weighted by atomic mass is 9.58. The van der Waals surface area contributed by atoms with E-state index in [2.05, 4.69) is 4.98 Å². The number of methoxy groups -OCH3 is 3. The van der Waals surface area contributed by atoms with Gasteiger partial charge in [-0.1, -0.05) is 60.7 Å². The molecule has 0 fully saturated rings. The number of aromatic amines is 1. The Kier molecular flexibility index (Phi) is 5.81. The van der Waals surface area contributed by atoms with Crippen molar-refractivity contribution < 1.29 is 23.8 Å². The number of H-pyrrole nitrogens is 1. The molecule has 0 saturated heterocycles. The van der Waals surface area contributed by atoms with Crippen LogP contribution in [0.1, 0.15) is 40.6 Å². The first kappa shape index (κ1) is 22.7. The zero-order valence-electron chi connectivity index (χ0n) is 19.9. The van der Waals surface area contributed by atoms with Crippen molar-refractivity contribution in [3.63, 3.8) is 0 Å². The van der Waals surface area contributed by atoms with Gasteiger partial charge < -0.3 is 19.2 Å². The molecule has 6 nitrogen and oxygen atoms in total. The molecule has 0 bridgehead atoms. The zero-order chi connectivity index (χ0) is 24.6. The van der Waals surface area contributed by atoms with Crippen molar-refractivity contribution in [2.24, 2.45) is 5.41 Å². The molecule has 1 aliphatic carbocycles. The highest BCUT2D eigenvalue weighted by Gasteiger charge is 2.60. The van der Waals surface area contributed by atoms with Gasteiger partial charge in [0.1, 0.15) is 5.75 Å². The molecule has 5 rings (SSSR count). The van der Waals surface area contributed by atoms with E-state index in [1.165, 1.54) is 14.2 Å². The van der Waals surface area contributed by atoms with E-state index < -0.39 is 23.3 Å². The number of fused-ring (bicyclic) bond motifs is 3. The molecule has 35 heavy (non-hydrogen) atoms. The van der Waals surface area contributed by atoms with Gasteiger partial charge in [0.2, 0.25) is 0 Å². The SMILES string of the molecule is COC(=O)C1(C(=O)OC)C[C@@H](c2ccc(OC)cc2)c2[nH]c3ccccc3c2[C@H]1c1ccccc1. The minimum Gasteiger partial charge on any atom is -0.497 e. The first-order chi connectivity index (χ1) is 17.0. The van der Waals surface area contributed by atoms with Gasteiger partial charge in [-0.25, -0.2) is 0 Å². The number of benzene rings is 3. The van der Waals surface area contributed by atoms with Crippen molar-refractivity contribution in [1.82, 2.24) is 4.98 Å². The summed E-state index contributed by atoms with van der Waals surface area (Å²) in [5.74, 6) is -1.35. The second-order valence-electron chi connectivity index (χ2n) is 8.83. The molecule has 0 amide bonds. The lowest BCUT2D eigenvalue weighted by molar-refractivity contribution is -0.171. The third-order valence-electron chi connectivity index (χ3n) is 7.18. The van der Waals surface area contributed by atoms with Crippen molar-refractivity contribution in [2.75, 3.05) is 21.3 Å². The molecule has 1 N–H and O–H groups in total. The molecule has 0 unspecified atom stereocenters. The maximum atomic E-state index is 13.7. The summed E-state index contributed by atoms with van der Waals surface area (Å²) < 4.78 is 16.0. The van der Waals surface area contributed by atoms with Crippen molar-refractivity contribution in [3.05, 3.63) is 101 Å². The molecule has 2 atom stereocenters. The summed E-state index contributed by atoms with van der Waals surface area (Å²) in [6.07, 6.45) is 0.193. The second kappa shape index (κ2) is 8.95. The molecule has 4 aromatic rings. The van der Waals surface area contributed by atoms with E-state index in [1.807, 2.05) is 78.9 Å². The summed E-state index contributed by atoms with van der Waals surface area (Å²) in [4.78, 5) is 30.9. The van der Waals surface area contributed by atoms with Crippen LogP contribution in [0.3, 0.4) is 0 Å². The van der Waals surface area contributed by atoms with E-state index in [0.29, 0.717) is 0 Å². The molecule has 1 heterocycles. The first-order valence-corrected chi connectivity index (χ1v) is 11.5. The number of hydrogen-bond acceptors (Lipinski definition) is 5. The van der Waals surface area contributed by atoms with Gasteiger partial charge in [-0.3, -0.25) is 9.59 Å². The maximum Gasteiger partial charge on any atom is 0.324 e. The predicted octanol–water partition coefficient (Wildman–Crippen LogP) is 5.18.